The van der Waals surface area contributed by atoms with Crippen molar-refractivity contribution in [3.05, 3.63) is 23.9 Å². The lowest BCUT2D eigenvalue weighted by molar-refractivity contribution is 0.122. The molecule has 0 unspecified atom stereocenters. The molecule has 0 amide bonds. The van der Waals surface area contributed by atoms with E-state index in [2.05, 4.69) is 40.8 Å². The molecule has 0 aliphatic carbocycles. The van der Waals surface area contributed by atoms with Crippen LogP contribution < -0.4 is 4.90 Å². The molecule has 0 N–H and O–H groups in total. The van der Waals surface area contributed by atoms with E-state index in [4.69, 9.17) is 4.74 Å². The first-order valence-electron chi connectivity index (χ1n) is 7.80. The number of nitrogens with zero attached hydrogens (tertiary/aromatic N) is 3. The van der Waals surface area contributed by atoms with Crippen molar-refractivity contribution in [1.82, 2.24) is 9.88 Å². The van der Waals surface area contributed by atoms with E-state index in [0.717, 1.165) is 26.3 Å². The van der Waals surface area contributed by atoms with Gasteiger partial charge in [0.05, 0.1) is 13.2 Å². The molecule has 2 fully saturated rings. The van der Waals surface area contributed by atoms with Gasteiger partial charge in [-0.2, -0.15) is 0 Å². The molecule has 2 saturated heterocycles. The van der Waals surface area contributed by atoms with E-state index in [1.165, 1.54) is 30.8 Å². The molecule has 0 saturated carbocycles. The fourth-order valence-corrected chi connectivity index (χ4v) is 3.45. The molecule has 3 heterocycles. The second kappa shape index (κ2) is 6.10. The summed E-state index contributed by atoms with van der Waals surface area (Å²) < 4.78 is 5.47. The second-order valence-corrected chi connectivity index (χ2v) is 6.01. The highest BCUT2D eigenvalue weighted by Gasteiger charge is 2.31. The van der Waals surface area contributed by atoms with Gasteiger partial charge in [-0.05, 0) is 39.3 Å². The number of aromatic nitrogens is 1. The first-order valence-corrected chi connectivity index (χ1v) is 7.80. The molecule has 1 aromatic heterocycles. The topological polar surface area (TPSA) is 28.6 Å². The molecule has 2 aliphatic heterocycles. The highest BCUT2D eigenvalue weighted by molar-refractivity contribution is 5.49. The van der Waals surface area contributed by atoms with Crippen LogP contribution in [0, 0.1) is 0 Å². The van der Waals surface area contributed by atoms with Gasteiger partial charge in [-0.15, -0.1) is 0 Å². The van der Waals surface area contributed by atoms with Crippen LogP contribution >= 0.6 is 0 Å². The summed E-state index contributed by atoms with van der Waals surface area (Å²) in [6.07, 6.45) is 4.46. The van der Waals surface area contributed by atoms with Crippen LogP contribution in [0.25, 0.3) is 0 Å². The van der Waals surface area contributed by atoms with Gasteiger partial charge in [0.15, 0.2) is 0 Å². The molecule has 110 valence electrons. The van der Waals surface area contributed by atoms with Crippen molar-refractivity contribution in [2.45, 2.75) is 38.8 Å². The Morgan fingerprint density at radius 3 is 2.80 bits per heavy atom. The summed E-state index contributed by atoms with van der Waals surface area (Å²) in [6, 6.07) is 5.47. The minimum atomic E-state index is 0.529. The Hall–Kier alpha value is -1.13. The van der Waals surface area contributed by atoms with Crippen LogP contribution in [0.3, 0.4) is 0 Å². The minimum Gasteiger partial charge on any atom is -0.378 e. The van der Waals surface area contributed by atoms with Crippen LogP contribution in [-0.4, -0.2) is 48.8 Å². The summed E-state index contributed by atoms with van der Waals surface area (Å²) in [7, 11) is 0. The average molecular weight is 275 g/mol. The number of hydrogen-bond donors (Lipinski definition) is 0. The number of ether oxygens (including phenoxy) is 1. The Balaban J connectivity index is 1.89. The number of pyridine rings is 1. The largest absolute Gasteiger partial charge is 0.378 e. The van der Waals surface area contributed by atoms with Gasteiger partial charge in [-0.25, -0.2) is 4.98 Å². The minimum absolute atomic E-state index is 0.529. The molecule has 1 atom stereocenters. The summed E-state index contributed by atoms with van der Waals surface area (Å²) in [5, 5.41) is 0. The third-order valence-corrected chi connectivity index (χ3v) is 4.44. The highest BCUT2D eigenvalue weighted by Crippen LogP contribution is 2.37. The van der Waals surface area contributed by atoms with Crippen molar-refractivity contribution in [3.63, 3.8) is 0 Å². The number of rotatable bonds is 3. The molecule has 20 heavy (non-hydrogen) atoms. The van der Waals surface area contributed by atoms with Gasteiger partial charge >= 0.3 is 0 Å². The van der Waals surface area contributed by atoms with Crippen LogP contribution in [0.2, 0.25) is 0 Å². The van der Waals surface area contributed by atoms with Crippen molar-refractivity contribution < 1.29 is 4.74 Å². The zero-order chi connectivity index (χ0) is 13.9. The fraction of sp³-hybridized carbons (Fsp3) is 0.688. The summed E-state index contributed by atoms with van der Waals surface area (Å²) in [6.45, 7) is 9.34. The van der Waals surface area contributed by atoms with Crippen molar-refractivity contribution in [1.29, 1.82) is 0 Å². The molecule has 0 spiro atoms. The Morgan fingerprint density at radius 2 is 2.05 bits per heavy atom. The Kier molecular flexibility index (Phi) is 4.22. The average Bonchev–Trinajstić information content (AvgIpc) is 2.98. The summed E-state index contributed by atoms with van der Waals surface area (Å²) in [5.41, 5.74) is 1.40. The van der Waals surface area contributed by atoms with Crippen LogP contribution in [0.1, 0.15) is 38.3 Å². The maximum atomic E-state index is 5.47. The summed E-state index contributed by atoms with van der Waals surface area (Å²) >= 11 is 0. The van der Waals surface area contributed by atoms with Crippen LogP contribution in [-0.2, 0) is 4.74 Å². The predicted molar refractivity (Wildman–Crippen MR) is 81.1 cm³/mol. The molecule has 4 nitrogen and oxygen atoms in total. The number of morpholine rings is 1. The quantitative estimate of drug-likeness (QED) is 0.847. The number of hydrogen-bond acceptors (Lipinski definition) is 4. The van der Waals surface area contributed by atoms with E-state index in [-0.39, 0.29) is 0 Å². The smallest absolute Gasteiger partial charge is 0.133 e. The van der Waals surface area contributed by atoms with Gasteiger partial charge in [-0.1, -0.05) is 6.07 Å². The lowest BCUT2D eigenvalue weighted by atomic mass is 10.0. The van der Waals surface area contributed by atoms with E-state index >= 15 is 0 Å². The Labute approximate surface area is 121 Å². The van der Waals surface area contributed by atoms with Gasteiger partial charge in [0, 0.05) is 36.9 Å². The lowest BCUT2D eigenvalue weighted by Crippen LogP contribution is -2.38. The Morgan fingerprint density at radius 1 is 1.25 bits per heavy atom. The zero-order valence-electron chi connectivity index (χ0n) is 12.6. The maximum Gasteiger partial charge on any atom is 0.133 e. The standard InChI is InChI=1S/C16H25N3O/c1-13(2)19-8-4-6-15(19)14-5-3-7-17-16(14)18-9-11-20-12-10-18/h3,5,7,13,15H,4,6,8-12H2,1-2H3/t15-/m1/s1. The second-order valence-electron chi connectivity index (χ2n) is 6.01. The van der Waals surface area contributed by atoms with E-state index in [9.17, 15) is 0 Å². The van der Waals surface area contributed by atoms with Crippen molar-refractivity contribution in [2.75, 3.05) is 37.7 Å². The number of likely N-dealkylation sites (tertiary alicyclic amines) is 1. The SMILES string of the molecule is CC(C)N1CCC[C@@H]1c1cccnc1N1CCOCC1. The Bertz CT molecular complexity index is 443. The zero-order valence-corrected chi connectivity index (χ0v) is 12.6. The van der Waals surface area contributed by atoms with Gasteiger partial charge in [0.1, 0.15) is 5.82 Å². The monoisotopic (exact) mass is 275 g/mol. The predicted octanol–water partition coefficient (Wildman–Crippen LogP) is 2.46. The fourth-order valence-electron chi connectivity index (χ4n) is 3.45. The van der Waals surface area contributed by atoms with Crippen molar-refractivity contribution in [3.8, 4) is 0 Å². The van der Waals surface area contributed by atoms with E-state index in [1.54, 1.807) is 0 Å². The molecule has 0 bridgehead atoms. The highest BCUT2D eigenvalue weighted by atomic mass is 16.5. The summed E-state index contributed by atoms with van der Waals surface area (Å²) in [4.78, 5) is 9.68. The molecule has 0 aromatic carbocycles. The first-order chi connectivity index (χ1) is 9.77. The summed E-state index contributed by atoms with van der Waals surface area (Å²) in [5.74, 6) is 1.17. The third kappa shape index (κ3) is 2.67. The molecular formula is C16H25N3O. The molecule has 1 aromatic rings. The normalized spacial score (nSPS) is 24.6. The van der Waals surface area contributed by atoms with Crippen molar-refractivity contribution >= 4 is 5.82 Å². The van der Waals surface area contributed by atoms with E-state index in [0.29, 0.717) is 12.1 Å². The van der Waals surface area contributed by atoms with Gasteiger partial charge in [-0.3, -0.25) is 4.90 Å². The lowest BCUT2D eigenvalue weighted by Gasteiger charge is -2.34. The maximum absolute atomic E-state index is 5.47. The molecule has 0 radical (unpaired) electrons. The van der Waals surface area contributed by atoms with E-state index < -0.39 is 0 Å². The molecule has 4 heteroatoms. The van der Waals surface area contributed by atoms with Gasteiger partial charge in [0.25, 0.3) is 0 Å². The molecular weight excluding hydrogens is 250 g/mol. The van der Waals surface area contributed by atoms with Crippen LogP contribution in [0.15, 0.2) is 18.3 Å². The van der Waals surface area contributed by atoms with Crippen molar-refractivity contribution in [2.24, 2.45) is 0 Å². The van der Waals surface area contributed by atoms with E-state index in [1.807, 2.05) is 6.20 Å². The van der Waals surface area contributed by atoms with Crippen LogP contribution in [0.5, 0.6) is 0 Å². The molecule has 3 rings (SSSR count). The molecule has 2 aliphatic rings. The first kappa shape index (κ1) is 13.8. The number of anilines is 1. The third-order valence-electron chi connectivity index (χ3n) is 4.44. The van der Waals surface area contributed by atoms with Gasteiger partial charge in [0.2, 0.25) is 0 Å². The van der Waals surface area contributed by atoms with Gasteiger partial charge < -0.3 is 9.64 Å². The van der Waals surface area contributed by atoms with Crippen LogP contribution in [0.4, 0.5) is 5.82 Å².